The molecule has 0 aromatic heterocycles. The topological polar surface area (TPSA) is 50.4 Å². The van der Waals surface area contributed by atoms with Crippen LogP contribution in [0.1, 0.15) is 24.9 Å². The van der Waals surface area contributed by atoms with Gasteiger partial charge in [-0.05, 0) is 18.4 Å². The lowest BCUT2D eigenvalue weighted by Gasteiger charge is -2.11. The van der Waals surface area contributed by atoms with Crippen molar-refractivity contribution in [1.29, 1.82) is 0 Å². The van der Waals surface area contributed by atoms with E-state index >= 15 is 0 Å². The number of hydrogen-bond acceptors (Lipinski definition) is 3. The van der Waals surface area contributed by atoms with Gasteiger partial charge in [-0.1, -0.05) is 13.0 Å². The van der Waals surface area contributed by atoms with Crippen molar-refractivity contribution in [1.82, 2.24) is 5.32 Å². The summed E-state index contributed by atoms with van der Waals surface area (Å²) in [5.41, 5.74) is 1.88. The third-order valence-corrected chi connectivity index (χ3v) is 3.58. The Morgan fingerprint density at radius 1 is 1.47 bits per heavy atom. The molecule has 1 fully saturated rings. The molecule has 3 rings (SSSR count). The second-order valence-corrected chi connectivity index (χ2v) is 4.86. The van der Waals surface area contributed by atoms with E-state index in [2.05, 4.69) is 17.6 Å². The first-order valence-corrected chi connectivity index (χ1v) is 5.94. The summed E-state index contributed by atoms with van der Waals surface area (Å²) in [5.74, 6) is 1.49. The zero-order valence-electron chi connectivity index (χ0n) is 9.99. The highest BCUT2D eigenvalue weighted by molar-refractivity contribution is 6.02. The maximum atomic E-state index is 11.9. The lowest BCUT2D eigenvalue weighted by molar-refractivity contribution is -0.117. The van der Waals surface area contributed by atoms with E-state index in [-0.39, 0.29) is 11.9 Å². The fourth-order valence-corrected chi connectivity index (χ4v) is 2.30. The van der Waals surface area contributed by atoms with Gasteiger partial charge in [0.15, 0.2) is 0 Å². The first-order chi connectivity index (χ1) is 8.19. The fraction of sp³-hybridized carbons (Fsp3) is 0.462. The van der Waals surface area contributed by atoms with E-state index in [1.54, 1.807) is 7.11 Å². The van der Waals surface area contributed by atoms with Gasteiger partial charge >= 0.3 is 0 Å². The number of anilines is 1. The van der Waals surface area contributed by atoms with Gasteiger partial charge in [-0.2, -0.15) is 0 Å². The summed E-state index contributed by atoms with van der Waals surface area (Å²) in [4.78, 5) is 11.9. The average molecular weight is 232 g/mol. The Morgan fingerprint density at radius 2 is 2.24 bits per heavy atom. The summed E-state index contributed by atoms with van der Waals surface area (Å²) >= 11 is 0. The van der Waals surface area contributed by atoms with Gasteiger partial charge in [0.25, 0.3) is 0 Å². The highest BCUT2D eigenvalue weighted by Crippen LogP contribution is 2.37. The number of carbonyl (C=O) groups is 1. The Bertz CT molecular complexity index is 472. The molecule has 17 heavy (non-hydrogen) atoms. The summed E-state index contributed by atoms with van der Waals surface area (Å²) in [6.45, 7) is 2.19. The van der Waals surface area contributed by atoms with Crippen molar-refractivity contribution in [2.24, 2.45) is 5.92 Å². The lowest BCUT2D eigenvalue weighted by atomic mass is 10.1. The van der Waals surface area contributed by atoms with E-state index in [4.69, 9.17) is 4.74 Å². The van der Waals surface area contributed by atoms with Gasteiger partial charge in [0.2, 0.25) is 5.91 Å². The molecular weight excluding hydrogens is 216 g/mol. The number of benzene rings is 1. The Balaban J connectivity index is 1.85. The third kappa shape index (κ3) is 1.78. The first-order valence-electron chi connectivity index (χ1n) is 5.94. The van der Waals surface area contributed by atoms with Gasteiger partial charge < -0.3 is 10.1 Å². The van der Waals surface area contributed by atoms with Gasteiger partial charge in [0.1, 0.15) is 11.8 Å². The molecule has 0 saturated heterocycles. The Labute approximate surface area is 100 Å². The number of fused-ring (bicyclic) bond motifs is 1. The molecule has 3 unspecified atom stereocenters. The zero-order valence-corrected chi connectivity index (χ0v) is 9.99. The van der Waals surface area contributed by atoms with Crippen molar-refractivity contribution in [2.45, 2.75) is 25.4 Å². The predicted molar refractivity (Wildman–Crippen MR) is 65.1 cm³/mol. The number of methoxy groups -OCH3 is 1. The molecule has 3 atom stereocenters. The van der Waals surface area contributed by atoms with Crippen LogP contribution >= 0.6 is 0 Å². The van der Waals surface area contributed by atoms with Crippen LogP contribution in [0, 0.1) is 5.92 Å². The number of rotatable bonds is 3. The summed E-state index contributed by atoms with van der Waals surface area (Å²) < 4.78 is 5.15. The standard InChI is InChI=1S/C13H16N2O2/c1-7-5-10(7)14-12-9-4-3-8(17-2)6-11(9)15-13(12)16/h3-4,6-7,10,12,14H,5H2,1-2H3,(H,15,16). The molecule has 1 aromatic rings. The smallest absolute Gasteiger partial charge is 0.246 e. The van der Waals surface area contributed by atoms with Crippen LogP contribution in [0.2, 0.25) is 0 Å². The lowest BCUT2D eigenvalue weighted by Crippen LogP contribution is -2.29. The van der Waals surface area contributed by atoms with Crippen LogP contribution in [0.3, 0.4) is 0 Å². The molecule has 90 valence electrons. The molecule has 1 saturated carbocycles. The average Bonchev–Trinajstić information content (AvgIpc) is 2.92. The minimum atomic E-state index is -0.203. The summed E-state index contributed by atoms with van der Waals surface area (Å²) in [7, 11) is 1.63. The molecule has 1 aromatic carbocycles. The van der Waals surface area contributed by atoms with Crippen LogP contribution in [-0.4, -0.2) is 19.1 Å². The maximum absolute atomic E-state index is 11.9. The van der Waals surface area contributed by atoms with Crippen molar-refractivity contribution in [3.63, 3.8) is 0 Å². The van der Waals surface area contributed by atoms with E-state index in [9.17, 15) is 4.79 Å². The second kappa shape index (κ2) is 3.74. The number of carbonyl (C=O) groups excluding carboxylic acids is 1. The summed E-state index contributed by atoms with van der Waals surface area (Å²) in [6, 6.07) is 6.00. The fourth-order valence-electron chi connectivity index (χ4n) is 2.30. The van der Waals surface area contributed by atoms with Crippen molar-refractivity contribution in [3.8, 4) is 5.75 Å². The van der Waals surface area contributed by atoms with E-state index in [0.717, 1.165) is 23.4 Å². The number of amides is 1. The first kappa shape index (κ1) is 10.6. The SMILES string of the molecule is COc1ccc2c(c1)NC(=O)C2NC1CC1C. The van der Waals surface area contributed by atoms with E-state index in [0.29, 0.717) is 12.0 Å². The van der Waals surface area contributed by atoms with Crippen LogP contribution < -0.4 is 15.4 Å². The summed E-state index contributed by atoms with van der Waals surface area (Å²) in [5, 5.41) is 6.28. The molecule has 0 radical (unpaired) electrons. The molecule has 4 nitrogen and oxygen atoms in total. The van der Waals surface area contributed by atoms with Crippen molar-refractivity contribution in [2.75, 3.05) is 12.4 Å². The van der Waals surface area contributed by atoms with Crippen molar-refractivity contribution < 1.29 is 9.53 Å². The van der Waals surface area contributed by atoms with E-state index < -0.39 is 0 Å². The normalized spacial score (nSPS) is 29.8. The van der Waals surface area contributed by atoms with Gasteiger partial charge in [-0.3, -0.25) is 10.1 Å². The van der Waals surface area contributed by atoms with Gasteiger partial charge in [0, 0.05) is 23.4 Å². The Hall–Kier alpha value is -1.55. The molecule has 1 amide bonds. The van der Waals surface area contributed by atoms with Crippen LogP contribution in [0.4, 0.5) is 5.69 Å². The van der Waals surface area contributed by atoms with Crippen LogP contribution in [0.5, 0.6) is 5.75 Å². The molecule has 2 aliphatic rings. The van der Waals surface area contributed by atoms with Gasteiger partial charge in [0.05, 0.1) is 7.11 Å². The maximum Gasteiger partial charge on any atom is 0.246 e. The Morgan fingerprint density at radius 3 is 2.88 bits per heavy atom. The molecule has 1 aliphatic heterocycles. The zero-order chi connectivity index (χ0) is 12.0. The van der Waals surface area contributed by atoms with Crippen molar-refractivity contribution >= 4 is 11.6 Å². The van der Waals surface area contributed by atoms with Crippen LogP contribution in [0.25, 0.3) is 0 Å². The molecular formula is C13H16N2O2. The predicted octanol–water partition coefficient (Wildman–Crippen LogP) is 1.69. The van der Waals surface area contributed by atoms with Crippen molar-refractivity contribution in [3.05, 3.63) is 23.8 Å². The second-order valence-electron chi connectivity index (χ2n) is 4.86. The highest BCUT2D eigenvalue weighted by atomic mass is 16.5. The van der Waals surface area contributed by atoms with E-state index in [1.165, 1.54) is 0 Å². The number of nitrogens with one attached hydrogen (secondary N) is 2. The summed E-state index contributed by atoms with van der Waals surface area (Å²) in [6.07, 6.45) is 1.16. The monoisotopic (exact) mass is 232 g/mol. The molecule has 1 aliphatic carbocycles. The Kier molecular flexibility index (Phi) is 2.33. The molecule has 0 spiro atoms. The third-order valence-electron chi connectivity index (χ3n) is 3.58. The quantitative estimate of drug-likeness (QED) is 0.833. The number of hydrogen-bond donors (Lipinski definition) is 2. The molecule has 1 heterocycles. The molecule has 0 bridgehead atoms. The largest absolute Gasteiger partial charge is 0.497 e. The minimum absolute atomic E-state index is 0.0346. The highest BCUT2D eigenvalue weighted by Gasteiger charge is 2.39. The van der Waals surface area contributed by atoms with Crippen LogP contribution in [0.15, 0.2) is 18.2 Å². The molecule has 4 heteroatoms. The van der Waals surface area contributed by atoms with E-state index in [1.807, 2.05) is 18.2 Å². The van der Waals surface area contributed by atoms with Crippen LogP contribution in [-0.2, 0) is 4.79 Å². The molecule has 2 N–H and O–H groups in total. The minimum Gasteiger partial charge on any atom is -0.497 e. The van der Waals surface area contributed by atoms with Gasteiger partial charge in [-0.15, -0.1) is 0 Å². The number of ether oxygens (including phenoxy) is 1. The van der Waals surface area contributed by atoms with Gasteiger partial charge in [-0.25, -0.2) is 0 Å².